The molecule has 0 amide bonds. The molecule has 0 fully saturated rings. The zero-order valence-electron chi connectivity index (χ0n) is 21.3. The summed E-state index contributed by atoms with van der Waals surface area (Å²) in [7, 11) is 0. The van der Waals surface area contributed by atoms with Crippen molar-refractivity contribution in [2.24, 2.45) is 0 Å². The van der Waals surface area contributed by atoms with Crippen LogP contribution >= 0.6 is 0 Å². The summed E-state index contributed by atoms with van der Waals surface area (Å²) < 4.78 is 62.8. The second-order valence-electron chi connectivity index (χ2n) is 6.54. The topological polar surface area (TPSA) is 19.6 Å². The predicted octanol–water partition coefficient (Wildman–Crippen LogP) is 6.22. The zero-order valence-corrected chi connectivity index (χ0v) is 14.3. The molecule has 3 heteroatoms. The minimum Gasteiger partial charge on any atom is -0.454 e. The summed E-state index contributed by atoms with van der Waals surface area (Å²) in [6.07, 6.45) is 0. The molecule has 0 spiro atoms. The van der Waals surface area contributed by atoms with Crippen LogP contribution in [-0.2, 0) is 0 Å². The van der Waals surface area contributed by atoms with Crippen LogP contribution in [0, 0.1) is 6.92 Å². The van der Waals surface area contributed by atoms with Gasteiger partial charge in [-0.3, -0.25) is 0 Å². The molecule has 4 aromatic rings. The number of anilines is 3. The smallest absolute Gasteiger partial charge is 0.159 e. The van der Waals surface area contributed by atoms with Crippen molar-refractivity contribution in [3.63, 3.8) is 0 Å². The van der Waals surface area contributed by atoms with Gasteiger partial charge in [0.15, 0.2) is 5.58 Å². The maximum absolute atomic E-state index is 8.76. The fourth-order valence-corrected chi connectivity index (χ4v) is 3.81. The number of hydrogen-bond acceptors (Lipinski definition) is 3. The molecule has 0 unspecified atom stereocenters. The second-order valence-corrected chi connectivity index (χ2v) is 6.54. The minimum atomic E-state index is -3.08. The summed E-state index contributed by atoms with van der Waals surface area (Å²) in [6.45, 7) is -4.35. The van der Waals surface area contributed by atoms with Gasteiger partial charge in [-0.05, 0) is 44.4 Å². The molecule has 130 valence electrons. The van der Waals surface area contributed by atoms with Gasteiger partial charge < -0.3 is 14.2 Å². The van der Waals surface area contributed by atoms with Crippen LogP contribution in [0.3, 0.4) is 0 Å². The van der Waals surface area contributed by atoms with Crippen molar-refractivity contribution >= 4 is 39.0 Å². The van der Waals surface area contributed by atoms with E-state index in [1.54, 1.807) is 24.3 Å². The van der Waals surface area contributed by atoms with Crippen molar-refractivity contribution in [1.82, 2.24) is 0 Å². The van der Waals surface area contributed by atoms with Crippen LogP contribution in [-0.4, -0.2) is 12.7 Å². The normalized spacial score (nSPS) is 19.3. The highest BCUT2D eigenvalue weighted by atomic mass is 16.3. The van der Waals surface area contributed by atoms with Gasteiger partial charge in [0.25, 0.3) is 0 Å². The van der Waals surface area contributed by atoms with E-state index in [0.717, 1.165) is 27.6 Å². The van der Waals surface area contributed by atoms with Crippen molar-refractivity contribution in [2.75, 3.05) is 16.5 Å². The molecule has 5 rings (SSSR count). The Labute approximate surface area is 163 Å². The van der Waals surface area contributed by atoms with E-state index in [-0.39, 0.29) is 6.67 Å². The van der Waals surface area contributed by atoms with E-state index in [1.165, 1.54) is 4.90 Å². The molecule has 0 radical (unpaired) electrons. The van der Waals surface area contributed by atoms with Crippen LogP contribution in [0.4, 0.5) is 17.1 Å². The lowest BCUT2D eigenvalue weighted by Gasteiger charge is -2.26. The Kier molecular flexibility index (Phi) is 2.06. The Hall–Kier alpha value is -2.94. The van der Waals surface area contributed by atoms with Crippen LogP contribution in [0.5, 0.6) is 0 Å². The highest BCUT2D eigenvalue weighted by Gasteiger charge is 2.30. The van der Waals surface area contributed by atoms with Crippen molar-refractivity contribution in [2.45, 2.75) is 26.6 Å². The summed E-state index contributed by atoms with van der Waals surface area (Å²) in [6, 6.07) is 15.8. The van der Waals surface area contributed by atoms with Crippen molar-refractivity contribution in [1.29, 1.82) is 0 Å². The summed E-state index contributed by atoms with van der Waals surface area (Å²) >= 11 is 0. The minimum absolute atomic E-state index is 0.114. The SMILES string of the molecule is [2H]C([2H])([2H])C([2H])(N1CN(c2c(C)ccc3c2oc2ccccc23)c2ccccc21)C([2H])([2H])[2H]. The largest absolute Gasteiger partial charge is 0.454 e. The Morgan fingerprint density at radius 3 is 2.58 bits per heavy atom. The first-order chi connectivity index (χ1) is 15.4. The van der Waals surface area contributed by atoms with Crippen LogP contribution in [0.1, 0.15) is 28.9 Å². The van der Waals surface area contributed by atoms with E-state index in [9.17, 15) is 0 Å². The van der Waals surface area contributed by atoms with E-state index >= 15 is 0 Å². The molecule has 1 aliphatic rings. The monoisotopic (exact) mass is 349 g/mol. The van der Waals surface area contributed by atoms with Crippen LogP contribution in [0.25, 0.3) is 21.9 Å². The van der Waals surface area contributed by atoms with Gasteiger partial charge in [-0.2, -0.15) is 0 Å². The van der Waals surface area contributed by atoms with Gasteiger partial charge in [-0.15, -0.1) is 0 Å². The lowest BCUT2D eigenvalue weighted by atomic mass is 10.1. The third kappa shape index (κ3) is 2.07. The average molecular weight is 349 g/mol. The Bertz CT molecular complexity index is 1360. The molecule has 0 atom stereocenters. The first kappa shape index (κ1) is 9.67. The number of para-hydroxylation sites is 3. The van der Waals surface area contributed by atoms with E-state index in [4.69, 9.17) is 14.0 Å². The van der Waals surface area contributed by atoms with E-state index < -0.39 is 19.7 Å². The van der Waals surface area contributed by atoms with Gasteiger partial charge in [0.05, 0.1) is 25.1 Å². The van der Waals surface area contributed by atoms with Gasteiger partial charge in [0.2, 0.25) is 0 Å². The fourth-order valence-electron chi connectivity index (χ4n) is 3.81. The number of fused-ring (bicyclic) bond motifs is 4. The Morgan fingerprint density at radius 1 is 0.962 bits per heavy atom. The van der Waals surface area contributed by atoms with E-state index in [1.807, 2.05) is 48.2 Å². The lowest BCUT2D eigenvalue weighted by molar-refractivity contribution is 0.664. The molecule has 2 heterocycles. The highest BCUT2D eigenvalue weighted by Crippen LogP contribution is 2.46. The first-order valence-corrected chi connectivity index (χ1v) is 8.50. The molecule has 0 aliphatic carbocycles. The number of rotatable bonds is 2. The van der Waals surface area contributed by atoms with Crippen molar-refractivity contribution in [3.8, 4) is 0 Å². The second kappa shape index (κ2) is 5.53. The standard InChI is InChI=1S/C23H22N2O/c1-15(2)24-14-25(20-10-6-5-9-19(20)24)22-16(3)12-13-18-17-8-4-7-11-21(17)26-23(18)22/h4-13,15H,14H2,1-3H3/i1D3,2D3,15D. The van der Waals surface area contributed by atoms with Gasteiger partial charge in [-0.25, -0.2) is 0 Å². The molecule has 0 saturated carbocycles. The maximum atomic E-state index is 8.76. The van der Waals surface area contributed by atoms with Gasteiger partial charge in [-0.1, -0.05) is 42.5 Å². The third-order valence-electron chi connectivity index (χ3n) is 5.01. The number of benzene rings is 3. The van der Waals surface area contributed by atoms with E-state index in [0.29, 0.717) is 17.0 Å². The number of furan rings is 1. The van der Waals surface area contributed by atoms with Crippen LogP contribution in [0.15, 0.2) is 65.1 Å². The molecule has 0 bridgehead atoms. The Morgan fingerprint density at radius 2 is 1.73 bits per heavy atom. The number of aryl methyl sites for hydroxylation is 1. The highest BCUT2D eigenvalue weighted by molar-refractivity contribution is 6.10. The van der Waals surface area contributed by atoms with Gasteiger partial charge >= 0.3 is 0 Å². The molecule has 0 N–H and O–H groups in total. The Balaban J connectivity index is 1.76. The van der Waals surface area contributed by atoms with Gasteiger partial charge in [0, 0.05) is 25.0 Å². The van der Waals surface area contributed by atoms with Crippen LogP contribution < -0.4 is 9.80 Å². The lowest BCUT2D eigenvalue weighted by Crippen LogP contribution is -2.33. The van der Waals surface area contributed by atoms with Crippen LogP contribution in [0.2, 0.25) is 0 Å². The first-order valence-electron chi connectivity index (χ1n) is 12.0. The number of hydrogen-bond donors (Lipinski definition) is 0. The van der Waals surface area contributed by atoms with E-state index in [2.05, 4.69) is 0 Å². The number of nitrogens with zero attached hydrogens (tertiary/aromatic N) is 2. The van der Waals surface area contributed by atoms with Gasteiger partial charge in [0.1, 0.15) is 5.58 Å². The molecule has 3 aromatic carbocycles. The van der Waals surface area contributed by atoms with Crippen molar-refractivity contribution < 1.29 is 14.0 Å². The zero-order chi connectivity index (χ0) is 23.8. The fraction of sp³-hybridized carbons (Fsp3) is 0.217. The summed E-state index contributed by atoms with van der Waals surface area (Å²) in [4.78, 5) is 3.01. The quantitative estimate of drug-likeness (QED) is 0.428. The molecule has 1 aliphatic heterocycles. The summed E-state index contributed by atoms with van der Waals surface area (Å²) in [5, 5.41) is 1.86. The molecule has 1 aromatic heterocycles. The maximum Gasteiger partial charge on any atom is 0.159 e. The summed E-state index contributed by atoms with van der Waals surface area (Å²) in [5.74, 6) is 0. The molecular formula is C23H22N2O. The molecule has 0 saturated heterocycles. The molecule has 3 nitrogen and oxygen atoms in total. The molecular weight excluding hydrogens is 320 g/mol. The average Bonchev–Trinajstić information content (AvgIpc) is 3.30. The summed E-state index contributed by atoms with van der Waals surface area (Å²) in [5.41, 5.74) is 3.97. The molecule has 26 heavy (non-hydrogen) atoms. The third-order valence-corrected chi connectivity index (χ3v) is 5.01. The van der Waals surface area contributed by atoms with Crippen molar-refractivity contribution in [3.05, 3.63) is 66.2 Å². The predicted molar refractivity (Wildman–Crippen MR) is 110 cm³/mol.